The van der Waals surface area contributed by atoms with Crippen LogP contribution >= 0.6 is 15.9 Å². The summed E-state index contributed by atoms with van der Waals surface area (Å²) >= 11 is 3.49. The minimum Gasteiger partial charge on any atom is -0.364 e. The topological polar surface area (TPSA) is 65.7 Å². The van der Waals surface area contributed by atoms with Crippen molar-refractivity contribution in [3.8, 4) is 0 Å². The lowest BCUT2D eigenvalue weighted by molar-refractivity contribution is 0.198. The molecule has 0 radical (unpaired) electrons. The van der Waals surface area contributed by atoms with Gasteiger partial charge >= 0.3 is 0 Å². The van der Waals surface area contributed by atoms with Gasteiger partial charge in [0.2, 0.25) is 0 Å². The van der Waals surface area contributed by atoms with E-state index in [9.17, 15) is 0 Å². The maximum atomic E-state index is 4.86. The normalized spacial score (nSPS) is 16.6. The highest BCUT2D eigenvalue weighted by molar-refractivity contribution is 9.10. The first-order valence-corrected chi connectivity index (χ1v) is 9.93. The lowest BCUT2D eigenvalue weighted by atomic mass is 10.0. The quantitative estimate of drug-likeness (QED) is 0.555. The molecule has 26 heavy (non-hydrogen) atoms. The number of hydrogen-bond acceptors (Lipinski definition) is 4. The summed E-state index contributed by atoms with van der Waals surface area (Å²) in [7, 11) is 0. The lowest BCUT2D eigenvalue weighted by Crippen LogP contribution is -2.48. The van der Waals surface area contributed by atoms with E-state index in [-0.39, 0.29) is 0 Å². The number of aliphatic imine (C=N–C) groups is 1. The highest BCUT2D eigenvalue weighted by Crippen LogP contribution is 2.16. The highest BCUT2D eigenvalue weighted by Gasteiger charge is 2.20. The molecule has 3 rings (SSSR count). The largest absolute Gasteiger partial charge is 0.364 e. The number of nitrogens with zero attached hydrogens (tertiary/aromatic N) is 3. The van der Waals surface area contributed by atoms with Crippen molar-refractivity contribution in [3.05, 3.63) is 52.3 Å². The number of nitrogens with one attached hydrogen (secondary N) is 2. The molecule has 2 heterocycles. The average molecular weight is 420 g/mol. The zero-order chi connectivity index (χ0) is 18.2. The van der Waals surface area contributed by atoms with Crippen LogP contribution in [0.2, 0.25) is 0 Å². The Morgan fingerprint density at radius 1 is 1.27 bits per heavy atom. The standard InChI is InChI=1S/C19H26BrN5O/c1-2-21-19(22-13-18-9-12-26-24-18)23-17-7-10-25(11-8-17)14-15-3-5-16(20)6-4-15/h3-6,9,12,17H,2,7-8,10-11,13-14H2,1H3,(H2,21,22,23). The molecular formula is C19H26BrN5O. The van der Waals surface area contributed by atoms with Gasteiger partial charge < -0.3 is 15.2 Å². The van der Waals surface area contributed by atoms with Gasteiger partial charge in [-0.25, -0.2) is 4.99 Å². The van der Waals surface area contributed by atoms with Crippen LogP contribution in [0.3, 0.4) is 0 Å². The van der Waals surface area contributed by atoms with Crippen molar-refractivity contribution < 1.29 is 4.52 Å². The van der Waals surface area contributed by atoms with Gasteiger partial charge in [-0.15, -0.1) is 0 Å². The summed E-state index contributed by atoms with van der Waals surface area (Å²) in [4.78, 5) is 7.11. The number of benzene rings is 1. The predicted octanol–water partition coefficient (Wildman–Crippen LogP) is 3.16. The van der Waals surface area contributed by atoms with E-state index < -0.39 is 0 Å². The van der Waals surface area contributed by atoms with Crippen molar-refractivity contribution in [2.75, 3.05) is 19.6 Å². The summed E-state index contributed by atoms with van der Waals surface area (Å²) in [6.45, 7) is 6.64. The Labute approximate surface area is 163 Å². The third kappa shape index (κ3) is 5.85. The van der Waals surface area contributed by atoms with Crippen LogP contribution in [0.1, 0.15) is 31.0 Å². The van der Waals surface area contributed by atoms with Gasteiger partial charge in [-0.05, 0) is 37.5 Å². The van der Waals surface area contributed by atoms with Gasteiger partial charge in [0.1, 0.15) is 12.0 Å². The van der Waals surface area contributed by atoms with Gasteiger partial charge in [0, 0.05) is 42.8 Å². The van der Waals surface area contributed by atoms with E-state index in [4.69, 9.17) is 4.52 Å². The molecule has 7 heteroatoms. The van der Waals surface area contributed by atoms with Crippen LogP contribution in [-0.2, 0) is 13.1 Å². The number of guanidine groups is 1. The van der Waals surface area contributed by atoms with Gasteiger partial charge in [0.15, 0.2) is 5.96 Å². The Hall–Kier alpha value is -1.86. The maximum absolute atomic E-state index is 4.86. The zero-order valence-electron chi connectivity index (χ0n) is 15.1. The van der Waals surface area contributed by atoms with Crippen LogP contribution in [0, 0.1) is 0 Å². The van der Waals surface area contributed by atoms with E-state index in [0.717, 1.165) is 55.1 Å². The molecule has 1 aromatic carbocycles. The fourth-order valence-corrected chi connectivity index (χ4v) is 3.34. The number of likely N-dealkylation sites (tertiary alicyclic amines) is 1. The molecule has 0 spiro atoms. The van der Waals surface area contributed by atoms with Crippen molar-refractivity contribution in [3.63, 3.8) is 0 Å². The minimum absolute atomic E-state index is 0.450. The molecule has 1 saturated heterocycles. The van der Waals surface area contributed by atoms with E-state index in [1.807, 2.05) is 6.07 Å². The highest BCUT2D eigenvalue weighted by atomic mass is 79.9. The van der Waals surface area contributed by atoms with Crippen LogP contribution in [0.5, 0.6) is 0 Å². The van der Waals surface area contributed by atoms with Gasteiger partial charge in [-0.3, -0.25) is 4.90 Å². The van der Waals surface area contributed by atoms with E-state index in [1.165, 1.54) is 5.56 Å². The predicted molar refractivity (Wildman–Crippen MR) is 107 cm³/mol. The van der Waals surface area contributed by atoms with Gasteiger partial charge in [0.05, 0.1) is 6.54 Å². The molecule has 1 aromatic heterocycles. The molecule has 1 aliphatic heterocycles. The minimum atomic E-state index is 0.450. The molecule has 6 nitrogen and oxygen atoms in total. The van der Waals surface area contributed by atoms with E-state index in [2.05, 4.69) is 72.8 Å². The van der Waals surface area contributed by atoms with Gasteiger partial charge in [0.25, 0.3) is 0 Å². The van der Waals surface area contributed by atoms with Gasteiger partial charge in [-0.2, -0.15) is 0 Å². The molecule has 0 bridgehead atoms. The molecule has 0 atom stereocenters. The maximum Gasteiger partial charge on any atom is 0.191 e. The van der Waals surface area contributed by atoms with Crippen molar-refractivity contribution in [1.29, 1.82) is 0 Å². The molecule has 2 N–H and O–H groups in total. The number of rotatable bonds is 6. The lowest BCUT2D eigenvalue weighted by Gasteiger charge is -2.33. The second-order valence-electron chi connectivity index (χ2n) is 6.51. The van der Waals surface area contributed by atoms with E-state index in [1.54, 1.807) is 6.26 Å². The Morgan fingerprint density at radius 3 is 2.69 bits per heavy atom. The molecule has 0 unspecified atom stereocenters. The number of halogens is 1. The van der Waals surface area contributed by atoms with Crippen molar-refractivity contribution in [1.82, 2.24) is 20.7 Å². The average Bonchev–Trinajstić information content (AvgIpc) is 3.17. The summed E-state index contributed by atoms with van der Waals surface area (Å²) in [5, 5.41) is 10.8. The zero-order valence-corrected chi connectivity index (χ0v) is 16.7. The summed E-state index contributed by atoms with van der Waals surface area (Å²) in [5.74, 6) is 0.849. The molecule has 0 amide bonds. The summed E-state index contributed by atoms with van der Waals surface area (Å²) in [5.41, 5.74) is 2.20. The van der Waals surface area contributed by atoms with Gasteiger partial charge in [-0.1, -0.05) is 33.2 Å². The molecule has 2 aromatic rings. The number of piperidine rings is 1. The summed E-state index contributed by atoms with van der Waals surface area (Å²) in [6.07, 6.45) is 3.81. The smallest absolute Gasteiger partial charge is 0.191 e. The Bertz CT molecular complexity index is 678. The van der Waals surface area contributed by atoms with E-state index in [0.29, 0.717) is 12.6 Å². The van der Waals surface area contributed by atoms with Crippen LogP contribution in [0.15, 0.2) is 50.6 Å². The third-order valence-corrected chi connectivity index (χ3v) is 5.01. The monoisotopic (exact) mass is 419 g/mol. The molecular weight excluding hydrogens is 394 g/mol. The van der Waals surface area contributed by atoms with Crippen molar-refractivity contribution in [2.45, 2.75) is 38.9 Å². The second-order valence-corrected chi connectivity index (χ2v) is 7.42. The Balaban J connectivity index is 1.46. The SMILES string of the molecule is CCNC(=NCc1ccon1)NC1CCN(Cc2ccc(Br)cc2)CC1. The van der Waals surface area contributed by atoms with E-state index >= 15 is 0 Å². The molecule has 1 fully saturated rings. The van der Waals surface area contributed by atoms with Crippen molar-refractivity contribution in [2.24, 2.45) is 4.99 Å². The number of hydrogen-bond donors (Lipinski definition) is 2. The van der Waals surface area contributed by atoms with Crippen molar-refractivity contribution >= 4 is 21.9 Å². The first kappa shape index (κ1) is 18.9. The fourth-order valence-electron chi connectivity index (χ4n) is 3.08. The Morgan fingerprint density at radius 2 is 2.04 bits per heavy atom. The first-order valence-electron chi connectivity index (χ1n) is 9.14. The van der Waals surface area contributed by atoms with Crippen LogP contribution in [-0.4, -0.2) is 41.7 Å². The number of aromatic nitrogens is 1. The van der Waals surface area contributed by atoms with Crippen LogP contribution in [0.4, 0.5) is 0 Å². The molecule has 1 aliphatic rings. The Kier molecular flexibility index (Phi) is 7.08. The van der Waals surface area contributed by atoms with Crippen LogP contribution in [0.25, 0.3) is 0 Å². The second kappa shape index (κ2) is 9.73. The summed E-state index contributed by atoms with van der Waals surface area (Å²) in [6, 6.07) is 10.9. The molecule has 0 saturated carbocycles. The molecule has 0 aliphatic carbocycles. The summed E-state index contributed by atoms with van der Waals surface area (Å²) < 4.78 is 5.99. The van der Waals surface area contributed by atoms with Crippen LogP contribution < -0.4 is 10.6 Å². The first-order chi connectivity index (χ1) is 12.7. The fraction of sp³-hybridized carbons (Fsp3) is 0.474. The third-order valence-electron chi connectivity index (χ3n) is 4.48. The molecule has 140 valence electrons.